The molecule has 1 atom stereocenters. The van der Waals surface area contributed by atoms with Gasteiger partial charge in [-0.3, -0.25) is 4.90 Å². The van der Waals surface area contributed by atoms with Gasteiger partial charge >= 0.3 is 0 Å². The van der Waals surface area contributed by atoms with Crippen LogP contribution in [0.3, 0.4) is 0 Å². The number of aliphatic hydroxyl groups is 1. The van der Waals surface area contributed by atoms with E-state index >= 15 is 0 Å². The molecule has 0 unspecified atom stereocenters. The van der Waals surface area contributed by atoms with Crippen molar-refractivity contribution in [3.8, 4) is 5.75 Å². The van der Waals surface area contributed by atoms with Gasteiger partial charge in [-0.15, -0.1) is 0 Å². The maximum absolute atomic E-state index is 9.58. The summed E-state index contributed by atoms with van der Waals surface area (Å²) < 4.78 is 5.65. The number of aliphatic hydroxyl groups excluding tert-OH is 1. The van der Waals surface area contributed by atoms with Crippen molar-refractivity contribution in [3.63, 3.8) is 0 Å². The van der Waals surface area contributed by atoms with Crippen LogP contribution in [0.2, 0.25) is 0 Å². The first-order valence-corrected chi connectivity index (χ1v) is 7.96. The zero-order valence-corrected chi connectivity index (χ0v) is 13.1. The highest BCUT2D eigenvalue weighted by Gasteiger charge is 2.26. The first-order chi connectivity index (χ1) is 10.8. The molecular weight excluding hydrogens is 276 g/mol. The summed E-state index contributed by atoms with van der Waals surface area (Å²) in [5.74, 6) is 0.913. The van der Waals surface area contributed by atoms with Crippen LogP contribution < -0.4 is 10.1 Å². The predicted molar refractivity (Wildman–Crippen MR) is 89.4 cm³/mol. The van der Waals surface area contributed by atoms with Gasteiger partial charge in [0.2, 0.25) is 0 Å². The van der Waals surface area contributed by atoms with Gasteiger partial charge in [-0.05, 0) is 23.3 Å². The molecule has 0 spiro atoms. The van der Waals surface area contributed by atoms with E-state index in [1.54, 1.807) is 7.11 Å². The van der Waals surface area contributed by atoms with Gasteiger partial charge in [0.25, 0.3) is 0 Å². The van der Waals surface area contributed by atoms with Crippen molar-refractivity contribution in [1.29, 1.82) is 0 Å². The van der Waals surface area contributed by atoms with Gasteiger partial charge in [-0.25, -0.2) is 0 Å². The Kier molecular flexibility index (Phi) is 4.93. The second-order valence-corrected chi connectivity index (χ2v) is 5.72. The molecule has 2 aromatic rings. The highest BCUT2D eigenvalue weighted by atomic mass is 16.5. The number of rotatable bonds is 5. The number of fused-ring (bicyclic) bond motifs is 1. The lowest BCUT2D eigenvalue weighted by atomic mass is 9.94. The van der Waals surface area contributed by atoms with Gasteiger partial charge in [-0.2, -0.15) is 0 Å². The second kappa shape index (κ2) is 7.09. The van der Waals surface area contributed by atoms with Crippen molar-refractivity contribution in [2.24, 2.45) is 0 Å². The Morgan fingerprint density at radius 2 is 1.95 bits per heavy atom. The lowest BCUT2D eigenvalue weighted by molar-refractivity contribution is 0.140. The summed E-state index contributed by atoms with van der Waals surface area (Å²) in [4.78, 5) is 2.46. The normalized spacial score (nSPS) is 17.5. The molecule has 0 aliphatic carbocycles. The topological polar surface area (TPSA) is 44.7 Å². The number of nitrogens with one attached hydrogen (secondary N) is 1. The van der Waals surface area contributed by atoms with Crippen molar-refractivity contribution in [2.45, 2.75) is 12.5 Å². The van der Waals surface area contributed by atoms with Crippen molar-refractivity contribution in [3.05, 3.63) is 42.0 Å². The third-order valence-corrected chi connectivity index (χ3v) is 4.48. The molecule has 0 bridgehead atoms. The number of hydrogen-bond acceptors (Lipinski definition) is 4. The molecule has 1 aliphatic rings. The smallest absolute Gasteiger partial charge is 0.124 e. The molecule has 0 saturated carbocycles. The number of methoxy groups -OCH3 is 1. The largest absolute Gasteiger partial charge is 0.496 e. The Morgan fingerprint density at radius 1 is 1.18 bits per heavy atom. The number of benzene rings is 2. The molecule has 2 aromatic carbocycles. The van der Waals surface area contributed by atoms with Crippen LogP contribution in [0, 0.1) is 0 Å². The second-order valence-electron chi connectivity index (χ2n) is 5.72. The molecule has 2 N–H and O–H groups in total. The zero-order chi connectivity index (χ0) is 15.4. The van der Waals surface area contributed by atoms with Crippen LogP contribution >= 0.6 is 0 Å². The minimum Gasteiger partial charge on any atom is -0.496 e. The molecule has 1 fully saturated rings. The fraction of sp³-hybridized carbons (Fsp3) is 0.444. The van der Waals surface area contributed by atoms with Crippen LogP contribution in [0.1, 0.15) is 18.0 Å². The zero-order valence-electron chi connectivity index (χ0n) is 13.1. The summed E-state index contributed by atoms with van der Waals surface area (Å²) in [5.41, 5.74) is 1.21. The number of hydrogen-bond donors (Lipinski definition) is 2. The molecule has 0 aromatic heterocycles. The molecule has 0 amide bonds. The van der Waals surface area contributed by atoms with E-state index in [0.717, 1.165) is 38.3 Å². The molecule has 1 aliphatic heterocycles. The molecule has 22 heavy (non-hydrogen) atoms. The van der Waals surface area contributed by atoms with Gasteiger partial charge < -0.3 is 15.2 Å². The molecule has 1 heterocycles. The Labute approximate surface area is 131 Å². The van der Waals surface area contributed by atoms with Crippen LogP contribution in [0.4, 0.5) is 0 Å². The minimum atomic E-state index is 0.182. The Morgan fingerprint density at radius 3 is 2.68 bits per heavy atom. The molecule has 0 radical (unpaired) electrons. The van der Waals surface area contributed by atoms with Gasteiger partial charge in [0, 0.05) is 44.4 Å². The van der Waals surface area contributed by atoms with E-state index in [1.807, 2.05) is 6.07 Å². The Hall–Kier alpha value is -1.62. The molecule has 4 heteroatoms. The summed E-state index contributed by atoms with van der Waals surface area (Å²) in [6.07, 6.45) is 0.727. The Balaban J connectivity index is 2.10. The molecule has 118 valence electrons. The fourth-order valence-corrected chi connectivity index (χ4v) is 3.42. The van der Waals surface area contributed by atoms with E-state index in [2.05, 4.69) is 40.5 Å². The third-order valence-electron chi connectivity index (χ3n) is 4.48. The maximum atomic E-state index is 9.58. The van der Waals surface area contributed by atoms with Crippen LogP contribution in [0.15, 0.2) is 36.4 Å². The van der Waals surface area contributed by atoms with Gasteiger partial charge in [0.05, 0.1) is 7.11 Å². The summed E-state index contributed by atoms with van der Waals surface area (Å²) in [5, 5.41) is 15.4. The van der Waals surface area contributed by atoms with E-state index in [-0.39, 0.29) is 12.6 Å². The molecule has 1 saturated heterocycles. The minimum absolute atomic E-state index is 0.182. The average Bonchev–Trinajstić information content (AvgIpc) is 2.59. The van der Waals surface area contributed by atoms with Crippen molar-refractivity contribution in [2.75, 3.05) is 39.9 Å². The molecule has 4 nitrogen and oxygen atoms in total. The van der Waals surface area contributed by atoms with E-state index in [9.17, 15) is 5.11 Å². The van der Waals surface area contributed by atoms with Crippen molar-refractivity contribution >= 4 is 10.8 Å². The first kappa shape index (κ1) is 15.3. The quantitative estimate of drug-likeness (QED) is 0.888. The van der Waals surface area contributed by atoms with Crippen LogP contribution in [-0.4, -0.2) is 49.9 Å². The van der Waals surface area contributed by atoms with Crippen LogP contribution in [-0.2, 0) is 0 Å². The summed E-state index contributed by atoms with van der Waals surface area (Å²) in [7, 11) is 1.72. The predicted octanol–water partition coefficient (Wildman–Crippen LogP) is 2.18. The highest BCUT2D eigenvalue weighted by molar-refractivity contribution is 5.88. The summed E-state index contributed by atoms with van der Waals surface area (Å²) in [6, 6.07) is 12.7. The van der Waals surface area contributed by atoms with E-state index in [4.69, 9.17) is 4.74 Å². The monoisotopic (exact) mass is 300 g/mol. The van der Waals surface area contributed by atoms with Crippen LogP contribution in [0.5, 0.6) is 5.75 Å². The summed E-state index contributed by atoms with van der Waals surface area (Å²) in [6.45, 7) is 4.17. The lowest BCUT2D eigenvalue weighted by Gasteiger charge is -2.36. The van der Waals surface area contributed by atoms with E-state index in [0.29, 0.717) is 0 Å². The Bertz CT molecular complexity index is 624. The average molecular weight is 300 g/mol. The van der Waals surface area contributed by atoms with Gasteiger partial charge in [0.1, 0.15) is 5.75 Å². The van der Waals surface area contributed by atoms with E-state index in [1.165, 1.54) is 16.3 Å². The standard InChI is InChI=1S/C18H24N2O2/c1-22-17-7-6-14-4-2-3-5-15(14)18(17)16(8-13-21)20-11-9-19-10-12-20/h2-7,16,19,21H,8-13H2,1H3/t16-/m0/s1. The molecular formula is C18H24N2O2. The van der Waals surface area contributed by atoms with Crippen LogP contribution in [0.25, 0.3) is 10.8 Å². The SMILES string of the molecule is COc1ccc2ccccc2c1[C@H](CCO)N1CCNCC1. The first-order valence-electron chi connectivity index (χ1n) is 7.96. The van der Waals surface area contributed by atoms with Gasteiger partial charge in [0.15, 0.2) is 0 Å². The maximum Gasteiger partial charge on any atom is 0.124 e. The number of ether oxygens (including phenoxy) is 1. The molecule has 3 rings (SSSR count). The van der Waals surface area contributed by atoms with Gasteiger partial charge in [-0.1, -0.05) is 30.3 Å². The highest BCUT2D eigenvalue weighted by Crippen LogP contribution is 2.37. The van der Waals surface area contributed by atoms with Crippen molar-refractivity contribution < 1.29 is 9.84 Å². The van der Waals surface area contributed by atoms with Crippen molar-refractivity contribution in [1.82, 2.24) is 10.2 Å². The lowest BCUT2D eigenvalue weighted by Crippen LogP contribution is -2.45. The third kappa shape index (κ3) is 2.95. The van der Waals surface area contributed by atoms with E-state index < -0.39 is 0 Å². The number of piperazine rings is 1. The summed E-state index contributed by atoms with van der Waals surface area (Å²) >= 11 is 0. The fourth-order valence-electron chi connectivity index (χ4n) is 3.42. The number of nitrogens with zero attached hydrogens (tertiary/aromatic N) is 1.